The maximum atomic E-state index is 11.0. The molecule has 0 unspecified atom stereocenters. The van der Waals surface area contributed by atoms with Crippen molar-refractivity contribution in [2.75, 3.05) is 37.6 Å². The fourth-order valence-corrected chi connectivity index (χ4v) is 5.74. The molecule has 0 bridgehead atoms. The van der Waals surface area contributed by atoms with Gasteiger partial charge in [0.25, 0.3) is 5.69 Å². The van der Waals surface area contributed by atoms with Crippen LogP contribution in [-0.4, -0.2) is 75.6 Å². The van der Waals surface area contributed by atoms with E-state index in [2.05, 4.69) is 26.6 Å². The van der Waals surface area contributed by atoms with Crippen molar-refractivity contribution < 1.29 is 10.1 Å². The molecule has 3 N–H and O–H groups in total. The summed E-state index contributed by atoms with van der Waals surface area (Å²) < 4.78 is 0. The number of pyridine rings is 1. The topological polar surface area (TPSA) is 122 Å². The number of halogens is 2. The lowest BCUT2D eigenvalue weighted by atomic mass is 9.97. The third kappa shape index (κ3) is 5.90. The number of piperidine rings is 1. The standard InChI is InChI=1S/C24H31Cl2N7O3/c1-2-18-15-31(24-22(26)12-20(13-28-24)33(35)36)9-10-32(18)19-5-7-30(8-6-19)14-16-3-4-17(25)11-21(16)23(27)29-34/h3-4,11-13,18-19,34H,2,5-10,14-15H2,1H3,(H2,27,29)/t18-/m0/s1. The van der Waals surface area contributed by atoms with Crippen LogP contribution in [0.25, 0.3) is 0 Å². The van der Waals surface area contributed by atoms with Crippen LogP contribution in [0.5, 0.6) is 0 Å². The first-order valence-corrected chi connectivity index (χ1v) is 12.9. The fourth-order valence-electron chi connectivity index (χ4n) is 5.29. The van der Waals surface area contributed by atoms with Crippen LogP contribution >= 0.6 is 23.2 Å². The van der Waals surface area contributed by atoms with Gasteiger partial charge in [0.2, 0.25) is 0 Å². The van der Waals surface area contributed by atoms with Crippen LogP contribution < -0.4 is 10.4 Å². The van der Waals surface area contributed by atoms with E-state index < -0.39 is 4.92 Å². The molecular weight excluding hydrogens is 505 g/mol. The smallest absolute Gasteiger partial charge is 0.289 e. The lowest BCUT2D eigenvalue weighted by Gasteiger charge is -2.47. The number of aromatic nitrogens is 1. The van der Waals surface area contributed by atoms with Gasteiger partial charge in [0.15, 0.2) is 0 Å². The van der Waals surface area contributed by atoms with Gasteiger partial charge in [-0.3, -0.25) is 36.0 Å². The summed E-state index contributed by atoms with van der Waals surface area (Å²) in [5.41, 5.74) is 3.39. The van der Waals surface area contributed by atoms with E-state index in [1.807, 2.05) is 17.6 Å². The van der Waals surface area contributed by atoms with E-state index in [-0.39, 0.29) is 11.5 Å². The van der Waals surface area contributed by atoms with Crippen molar-refractivity contribution in [3.63, 3.8) is 0 Å². The lowest BCUT2D eigenvalue weighted by Crippen LogP contribution is -2.58. The number of rotatable bonds is 7. The Balaban J connectivity index is 1.36. The highest BCUT2D eigenvalue weighted by Crippen LogP contribution is 2.31. The predicted octanol–water partition coefficient (Wildman–Crippen LogP) is 4.17. The monoisotopic (exact) mass is 535 g/mol. The Bertz CT molecular complexity index is 1110. The third-order valence-corrected chi connectivity index (χ3v) is 7.70. The first kappa shape index (κ1) is 26.6. The number of nitro groups is 1. The summed E-state index contributed by atoms with van der Waals surface area (Å²) in [5, 5.41) is 29.0. The number of hydrogen-bond donors (Lipinski definition) is 3. The molecular formula is C24H31Cl2N7O3. The van der Waals surface area contributed by atoms with E-state index in [0.717, 1.165) is 57.5 Å². The second-order valence-corrected chi connectivity index (χ2v) is 10.1. The molecule has 10 nitrogen and oxygen atoms in total. The number of likely N-dealkylation sites (tertiary alicyclic amines) is 1. The Morgan fingerprint density at radius 1 is 1.25 bits per heavy atom. The Hall–Kier alpha value is -2.50. The number of piperazine rings is 1. The Morgan fingerprint density at radius 2 is 2.00 bits per heavy atom. The van der Waals surface area contributed by atoms with Crippen molar-refractivity contribution in [3.8, 4) is 0 Å². The molecule has 1 atom stereocenters. The molecule has 0 saturated carbocycles. The van der Waals surface area contributed by atoms with Crippen LogP contribution in [0.4, 0.5) is 11.5 Å². The largest absolute Gasteiger partial charge is 0.353 e. The highest BCUT2D eigenvalue weighted by atomic mass is 35.5. The summed E-state index contributed by atoms with van der Waals surface area (Å²) in [4.78, 5) is 21.9. The quantitative estimate of drug-likeness (QED) is 0.209. The van der Waals surface area contributed by atoms with E-state index in [0.29, 0.717) is 40.1 Å². The van der Waals surface area contributed by atoms with Crippen molar-refractivity contribution in [1.82, 2.24) is 20.3 Å². The Labute approximate surface area is 220 Å². The van der Waals surface area contributed by atoms with Crippen molar-refractivity contribution in [3.05, 3.63) is 61.7 Å². The molecule has 194 valence electrons. The van der Waals surface area contributed by atoms with Gasteiger partial charge in [0, 0.05) is 54.9 Å². The van der Waals surface area contributed by atoms with Gasteiger partial charge in [-0.05, 0) is 50.0 Å². The molecule has 2 aromatic rings. The molecule has 1 aromatic heterocycles. The number of hydrogen-bond acceptors (Lipinski definition) is 8. The van der Waals surface area contributed by atoms with Gasteiger partial charge in [0.1, 0.15) is 17.9 Å². The van der Waals surface area contributed by atoms with Gasteiger partial charge in [0.05, 0.1) is 9.95 Å². The average Bonchev–Trinajstić information content (AvgIpc) is 2.89. The van der Waals surface area contributed by atoms with Gasteiger partial charge in [-0.1, -0.05) is 36.2 Å². The molecule has 0 radical (unpaired) electrons. The number of anilines is 1. The molecule has 2 aliphatic rings. The maximum Gasteiger partial charge on any atom is 0.289 e. The molecule has 2 fully saturated rings. The SMILES string of the molecule is CC[C@H]1CN(c2ncc([N+](=O)[O-])cc2Cl)CCN1C1CCN(Cc2ccc(Cl)cc2C(=N)NO)CC1. The molecule has 1 aromatic carbocycles. The van der Waals surface area contributed by atoms with Crippen LogP contribution in [-0.2, 0) is 6.54 Å². The average molecular weight is 536 g/mol. The maximum absolute atomic E-state index is 11.0. The zero-order valence-corrected chi connectivity index (χ0v) is 21.7. The number of hydroxylamine groups is 1. The van der Waals surface area contributed by atoms with Gasteiger partial charge >= 0.3 is 0 Å². The summed E-state index contributed by atoms with van der Waals surface area (Å²) >= 11 is 12.5. The first-order valence-electron chi connectivity index (χ1n) is 12.1. The van der Waals surface area contributed by atoms with Crippen molar-refractivity contribution >= 4 is 40.5 Å². The van der Waals surface area contributed by atoms with Gasteiger partial charge < -0.3 is 4.90 Å². The molecule has 2 aliphatic heterocycles. The van der Waals surface area contributed by atoms with Crippen LogP contribution in [0, 0.1) is 15.5 Å². The van der Waals surface area contributed by atoms with Gasteiger partial charge in [-0.25, -0.2) is 4.98 Å². The number of nitrogens with one attached hydrogen (secondary N) is 2. The van der Waals surface area contributed by atoms with Gasteiger partial charge in [-0.15, -0.1) is 0 Å². The van der Waals surface area contributed by atoms with E-state index in [9.17, 15) is 15.3 Å². The van der Waals surface area contributed by atoms with E-state index in [4.69, 9.17) is 28.6 Å². The Kier molecular flexibility index (Phi) is 8.63. The summed E-state index contributed by atoms with van der Waals surface area (Å²) in [6.45, 7) is 7.21. The molecule has 36 heavy (non-hydrogen) atoms. The minimum absolute atomic E-state index is 0.0614. The van der Waals surface area contributed by atoms with Crippen molar-refractivity contribution in [2.24, 2.45) is 0 Å². The van der Waals surface area contributed by atoms with E-state index >= 15 is 0 Å². The minimum Gasteiger partial charge on any atom is -0.353 e. The summed E-state index contributed by atoms with van der Waals surface area (Å²) in [7, 11) is 0. The molecule has 0 spiro atoms. The van der Waals surface area contributed by atoms with Crippen molar-refractivity contribution in [1.29, 1.82) is 5.41 Å². The zero-order chi connectivity index (χ0) is 25.8. The number of benzene rings is 1. The number of amidine groups is 1. The first-order chi connectivity index (χ1) is 17.3. The van der Waals surface area contributed by atoms with Gasteiger partial charge in [-0.2, -0.15) is 0 Å². The second kappa shape index (κ2) is 11.7. The highest BCUT2D eigenvalue weighted by molar-refractivity contribution is 6.33. The van der Waals surface area contributed by atoms with E-state index in [1.54, 1.807) is 6.07 Å². The lowest BCUT2D eigenvalue weighted by molar-refractivity contribution is -0.385. The molecule has 2 saturated heterocycles. The Morgan fingerprint density at radius 3 is 2.64 bits per heavy atom. The fraction of sp³-hybridized carbons (Fsp3) is 0.500. The van der Waals surface area contributed by atoms with Crippen LogP contribution in [0.3, 0.4) is 0 Å². The molecule has 0 aliphatic carbocycles. The normalized spacial score (nSPS) is 19.9. The second-order valence-electron chi connectivity index (χ2n) is 9.30. The van der Waals surface area contributed by atoms with Crippen LogP contribution in [0.15, 0.2) is 30.5 Å². The molecule has 12 heteroatoms. The summed E-state index contributed by atoms with van der Waals surface area (Å²) in [5.74, 6) is 0.547. The van der Waals surface area contributed by atoms with E-state index in [1.165, 1.54) is 12.3 Å². The molecule has 0 amide bonds. The molecule has 3 heterocycles. The third-order valence-electron chi connectivity index (χ3n) is 7.19. The zero-order valence-electron chi connectivity index (χ0n) is 20.2. The minimum atomic E-state index is -0.483. The van der Waals surface area contributed by atoms with Crippen LogP contribution in [0.1, 0.15) is 37.3 Å². The summed E-state index contributed by atoms with van der Waals surface area (Å²) in [6, 6.07) is 7.64. The summed E-state index contributed by atoms with van der Waals surface area (Å²) in [6.07, 6.45) is 4.36. The highest BCUT2D eigenvalue weighted by Gasteiger charge is 2.34. The van der Waals surface area contributed by atoms with Crippen molar-refractivity contribution in [2.45, 2.75) is 44.8 Å². The molecule has 4 rings (SSSR count). The van der Waals surface area contributed by atoms with Crippen LogP contribution in [0.2, 0.25) is 10.0 Å². The predicted molar refractivity (Wildman–Crippen MR) is 140 cm³/mol. The number of nitrogens with zero attached hydrogens (tertiary/aromatic N) is 5.